The average Bonchev–Trinajstić information content (AvgIpc) is 2.73. The Morgan fingerprint density at radius 2 is 1.69 bits per heavy atom. The molecule has 0 spiro atoms. The quantitative estimate of drug-likeness (QED) is 0.467. The molecule has 1 atom stereocenters. The van der Waals surface area contributed by atoms with E-state index in [1.807, 2.05) is 30.3 Å². The number of carbonyl (C=O) groups excluding carboxylic acids is 1. The van der Waals surface area contributed by atoms with E-state index in [4.69, 9.17) is 11.6 Å². The monoisotopic (exact) mass is 460 g/mol. The summed E-state index contributed by atoms with van der Waals surface area (Å²) >= 11 is 6.12. The molecule has 7 heteroatoms. The third-order valence-corrected chi connectivity index (χ3v) is 5.51. The first kappa shape index (κ1) is 23.8. The largest absolute Gasteiger partial charge is 0.416 e. The van der Waals surface area contributed by atoms with Gasteiger partial charge in [-0.1, -0.05) is 67.9 Å². The molecule has 3 rings (SSSR count). The van der Waals surface area contributed by atoms with Crippen LogP contribution in [-0.2, 0) is 22.9 Å². The van der Waals surface area contributed by atoms with Crippen molar-refractivity contribution in [3.8, 4) is 0 Å². The van der Waals surface area contributed by atoms with Gasteiger partial charge in [0.15, 0.2) is 0 Å². The Hall–Kier alpha value is -2.86. The van der Waals surface area contributed by atoms with Crippen molar-refractivity contribution in [1.82, 2.24) is 10.3 Å². The van der Waals surface area contributed by atoms with Crippen molar-refractivity contribution in [1.29, 1.82) is 0 Å². The number of benzene rings is 2. The molecule has 0 saturated heterocycles. The number of hydrogen-bond acceptors (Lipinski definition) is 2. The summed E-state index contributed by atoms with van der Waals surface area (Å²) in [7, 11) is 0. The van der Waals surface area contributed by atoms with Gasteiger partial charge in [0.25, 0.3) is 0 Å². The molecule has 1 heterocycles. The second-order valence-corrected chi connectivity index (χ2v) is 8.55. The zero-order valence-corrected chi connectivity index (χ0v) is 18.8. The van der Waals surface area contributed by atoms with Crippen molar-refractivity contribution in [2.24, 2.45) is 5.92 Å². The minimum absolute atomic E-state index is 0.211. The third-order valence-electron chi connectivity index (χ3n) is 5.30. The highest BCUT2D eigenvalue weighted by molar-refractivity contribution is 6.30. The Labute approximate surface area is 190 Å². The summed E-state index contributed by atoms with van der Waals surface area (Å²) in [5.41, 5.74) is 0.110. The molecule has 0 bridgehead atoms. The van der Waals surface area contributed by atoms with Crippen LogP contribution in [0.1, 0.15) is 41.8 Å². The van der Waals surface area contributed by atoms with Gasteiger partial charge in [-0.3, -0.25) is 9.78 Å². The average molecular weight is 461 g/mol. The summed E-state index contributed by atoms with van der Waals surface area (Å²) in [6.07, 6.45) is -2.87. The molecule has 2 aromatic carbocycles. The van der Waals surface area contributed by atoms with Gasteiger partial charge in [0, 0.05) is 18.5 Å². The summed E-state index contributed by atoms with van der Waals surface area (Å²) in [5, 5.41) is 3.44. The van der Waals surface area contributed by atoms with Gasteiger partial charge in [0.2, 0.25) is 5.91 Å². The standard InChI is InChI=1S/C25H24ClF3N2O/c1-16(2)23(32)31-24(14-18-8-5-4-6-9-18,22-17(3)12-21(26)15-30-22)19-10-7-11-20(13-19)25(27,28)29/h4-13,15-16H,14H2,1-3H3,(H,31,32). The molecule has 1 amide bonds. The highest BCUT2D eigenvalue weighted by Gasteiger charge is 2.41. The molecule has 0 fully saturated rings. The van der Waals surface area contributed by atoms with Crippen LogP contribution in [0.4, 0.5) is 13.2 Å². The number of nitrogens with zero attached hydrogens (tertiary/aromatic N) is 1. The number of aromatic nitrogens is 1. The molecule has 1 aromatic heterocycles. The first-order chi connectivity index (χ1) is 15.0. The van der Waals surface area contributed by atoms with Crippen LogP contribution in [0, 0.1) is 12.8 Å². The van der Waals surface area contributed by atoms with E-state index in [0.717, 1.165) is 17.7 Å². The minimum Gasteiger partial charge on any atom is -0.340 e. The third kappa shape index (κ3) is 5.13. The summed E-state index contributed by atoms with van der Waals surface area (Å²) in [4.78, 5) is 17.5. The fraction of sp³-hybridized carbons (Fsp3) is 0.280. The maximum Gasteiger partial charge on any atom is 0.416 e. The lowest BCUT2D eigenvalue weighted by Crippen LogP contribution is -2.51. The highest BCUT2D eigenvalue weighted by Crippen LogP contribution is 2.38. The van der Waals surface area contributed by atoms with Gasteiger partial charge in [-0.25, -0.2) is 0 Å². The van der Waals surface area contributed by atoms with Gasteiger partial charge < -0.3 is 5.32 Å². The highest BCUT2D eigenvalue weighted by atomic mass is 35.5. The maximum absolute atomic E-state index is 13.6. The van der Waals surface area contributed by atoms with Crippen LogP contribution >= 0.6 is 11.6 Å². The Morgan fingerprint density at radius 1 is 1.03 bits per heavy atom. The van der Waals surface area contributed by atoms with E-state index >= 15 is 0 Å². The number of pyridine rings is 1. The first-order valence-corrected chi connectivity index (χ1v) is 10.6. The predicted molar refractivity (Wildman–Crippen MR) is 119 cm³/mol. The molecular formula is C25H24ClF3N2O. The Balaban J connectivity index is 2.33. The molecule has 1 N–H and O–H groups in total. The lowest BCUT2D eigenvalue weighted by molar-refractivity contribution is -0.137. The molecule has 0 radical (unpaired) electrons. The Morgan fingerprint density at radius 3 is 2.28 bits per heavy atom. The Kier molecular flexibility index (Phi) is 6.94. The van der Waals surface area contributed by atoms with Crippen LogP contribution in [0.25, 0.3) is 0 Å². The van der Waals surface area contributed by atoms with E-state index in [-0.39, 0.29) is 18.2 Å². The number of alkyl halides is 3. The number of hydrogen-bond donors (Lipinski definition) is 1. The zero-order valence-electron chi connectivity index (χ0n) is 18.0. The van der Waals surface area contributed by atoms with Crippen molar-refractivity contribution in [3.63, 3.8) is 0 Å². The zero-order chi connectivity index (χ0) is 23.5. The number of halogens is 4. The van der Waals surface area contributed by atoms with Gasteiger partial charge in [0.1, 0.15) is 5.54 Å². The van der Waals surface area contributed by atoms with Gasteiger partial charge in [-0.05, 0) is 41.8 Å². The molecule has 0 saturated carbocycles. The molecule has 3 nitrogen and oxygen atoms in total. The van der Waals surface area contributed by atoms with Gasteiger partial charge in [-0.15, -0.1) is 0 Å². The summed E-state index contributed by atoms with van der Waals surface area (Å²) in [6, 6.07) is 16.0. The van der Waals surface area contributed by atoms with E-state index in [2.05, 4.69) is 10.3 Å². The van der Waals surface area contributed by atoms with Crippen molar-refractivity contribution in [2.45, 2.75) is 38.9 Å². The van der Waals surface area contributed by atoms with E-state index in [1.165, 1.54) is 12.3 Å². The second-order valence-electron chi connectivity index (χ2n) is 8.11. The SMILES string of the molecule is Cc1cc(Cl)cnc1C(Cc1ccccc1)(NC(=O)C(C)C)c1cccc(C(F)(F)F)c1. The number of rotatable bonds is 6. The maximum atomic E-state index is 13.6. The molecular weight excluding hydrogens is 437 g/mol. The molecule has 1 unspecified atom stereocenters. The minimum atomic E-state index is -4.53. The summed E-state index contributed by atoms with van der Waals surface area (Å²) in [6.45, 7) is 5.25. The first-order valence-electron chi connectivity index (χ1n) is 10.2. The van der Waals surface area contributed by atoms with Crippen molar-refractivity contribution in [3.05, 3.63) is 99.8 Å². The van der Waals surface area contributed by atoms with Crippen LogP contribution in [-0.4, -0.2) is 10.9 Å². The number of aryl methyl sites for hydroxylation is 1. The van der Waals surface area contributed by atoms with Gasteiger partial charge >= 0.3 is 6.18 Å². The smallest absolute Gasteiger partial charge is 0.340 e. The molecule has 168 valence electrons. The van der Waals surface area contributed by atoms with Crippen LogP contribution < -0.4 is 5.32 Å². The fourth-order valence-electron chi connectivity index (χ4n) is 3.70. The van der Waals surface area contributed by atoms with E-state index < -0.39 is 17.3 Å². The Bertz CT molecular complexity index is 1100. The number of carbonyl (C=O) groups is 1. The molecule has 0 aliphatic heterocycles. The summed E-state index contributed by atoms with van der Waals surface area (Å²) < 4.78 is 40.8. The van der Waals surface area contributed by atoms with E-state index in [1.54, 1.807) is 32.9 Å². The van der Waals surface area contributed by atoms with Gasteiger partial charge in [0.05, 0.1) is 16.3 Å². The molecule has 0 aliphatic carbocycles. The summed E-state index contributed by atoms with van der Waals surface area (Å²) in [5.74, 6) is -0.682. The topological polar surface area (TPSA) is 42.0 Å². The molecule has 3 aromatic rings. The van der Waals surface area contributed by atoms with Crippen LogP contribution in [0.15, 0.2) is 66.9 Å². The van der Waals surface area contributed by atoms with Crippen LogP contribution in [0.3, 0.4) is 0 Å². The fourth-order valence-corrected chi connectivity index (χ4v) is 3.92. The predicted octanol–water partition coefficient (Wildman–Crippen LogP) is 6.32. The van der Waals surface area contributed by atoms with E-state index in [9.17, 15) is 18.0 Å². The van der Waals surface area contributed by atoms with Crippen molar-refractivity contribution in [2.75, 3.05) is 0 Å². The lowest BCUT2D eigenvalue weighted by Gasteiger charge is -2.37. The van der Waals surface area contributed by atoms with Gasteiger partial charge in [-0.2, -0.15) is 13.2 Å². The normalized spacial score (nSPS) is 13.6. The lowest BCUT2D eigenvalue weighted by atomic mass is 9.78. The van der Waals surface area contributed by atoms with Crippen LogP contribution in [0.2, 0.25) is 5.02 Å². The van der Waals surface area contributed by atoms with E-state index in [0.29, 0.717) is 21.8 Å². The molecule has 32 heavy (non-hydrogen) atoms. The van der Waals surface area contributed by atoms with Crippen molar-refractivity contribution >= 4 is 17.5 Å². The second kappa shape index (κ2) is 9.33. The van der Waals surface area contributed by atoms with Crippen molar-refractivity contribution < 1.29 is 18.0 Å². The number of nitrogens with one attached hydrogen (secondary N) is 1. The molecule has 0 aliphatic rings. The van der Waals surface area contributed by atoms with Crippen LogP contribution in [0.5, 0.6) is 0 Å². The number of amides is 1.